The van der Waals surface area contributed by atoms with Gasteiger partial charge in [0.25, 0.3) is 5.91 Å². The molecular weight excluding hydrogens is 408 g/mol. The fraction of sp³-hybridized carbons (Fsp3) is 0.333. The number of thiophene rings is 1. The molecule has 0 saturated heterocycles. The van der Waals surface area contributed by atoms with Gasteiger partial charge in [0.2, 0.25) is 5.95 Å². The summed E-state index contributed by atoms with van der Waals surface area (Å²) in [6.07, 6.45) is 2.61. The van der Waals surface area contributed by atoms with Crippen LogP contribution in [-0.4, -0.2) is 50.0 Å². The average Bonchev–Trinajstić information content (AvgIpc) is 3.18. The third-order valence-corrected chi connectivity index (χ3v) is 5.47. The number of hydrogen-bond donors (Lipinski definition) is 4. The van der Waals surface area contributed by atoms with Crippen molar-refractivity contribution in [2.75, 3.05) is 23.4 Å². The van der Waals surface area contributed by atoms with Gasteiger partial charge < -0.3 is 26.8 Å². The third kappa shape index (κ3) is 4.71. The Morgan fingerprint density at radius 2 is 2.03 bits per heavy atom. The molecule has 3 aromatic rings. The van der Waals surface area contributed by atoms with E-state index in [1.165, 1.54) is 11.3 Å². The monoisotopic (exact) mass is 430 g/mol. The summed E-state index contributed by atoms with van der Waals surface area (Å²) in [5.41, 5.74) is 12.8. The molecule has 1 unspecified atom stereocenters. The van der Waals surface area contributed by atoms with Crippen LogP contribution in [0.15, 0.2) is 18.3 Å². The first-order valence-corrected chi connectivity index (χ1v) is 9.99. The number of aromatic nitrogens is 4. The van der Waals surface area contributed by atoms with E-state index in [2.05, 4.69) is 25.3 Å². The normalized spacial score (nSPS) is 11.9. The van der Waals surface area contributed by atoms with Crippen LogP contribution in [0.5, 0.6) is 0 Å². The second-order valence-corrected chi connectivity index (χ2v) is 7.71. The van der Waals surface area contributed by atoms with Crippen LogP contribution in [0.3, 0.4) is 0 Å². The largest absolute Gasteiger partial charge is 0.480 e. The van der Waals surface area contributed by atoms with E-state index in [-0.39, 0.29) is 11.8 Å². The molecule has 12 heteroatoms. The van der Waals surface area contributed by atoms with Gasteiger partial charge in [0.05, 0.1) is 28.3 Å². The highest BCUT2D eigenvalue weighted by molar-refractivity contribution is 7.17. The van der Waals surface area contributed by atoms with E-state index in [1.54, 1.807) is 18.3 Å². The van der Waals surface area contributed by atoms with Gasteiger partial charge in [-0.25, -0.2) is 14.8 Å². The standard InChI is InChI=1S/C18H22N8O3S/c1-3-4-10(17(28)29)23-16(27)11-5-6-12(30-11)26(2)8-9-7-21-15-13(22-9)14(19)24-18(20)25-15/h5-7,10H,3-4,8H2,1-2H3,(H,23,27)(H,28,29)(H4,19,20,21,24,25). The first kappa shape index (κ1) is 21.2. The smallest absolute Gasteiger partial charge is 0.326 e. The zero-order valence-corrected chi connectivity index (χ0v) is 17.3. The second-order valence-electron chi connectivity index (χ2n) is 6.65. The van der Waals surface area contributed by atoms with Gasteiger partial charge in [0, 0.05) is 7.05 Å². The van der Waals surface area contributed by atoms with Crippen molar-refractivity contribution < 1.29 is 14.7 Å². The van der Waals surface area contributed by atoms with E-state index in [0.717, 1.165) is 5.00 Å². The van der Waals surface area contributed by atoms with Crippen LogP contribution in [0, 0.1) is 0 Å². The maximum atomic E-state index is 12.4. The maximum Gasteiger partial charge on any atom is 0.326 e. The lowest BCUT2D eigenvalue weighted by Gasteiger charge is -2.16. The summed E-state index contributed by atoms with van der Waals surface area (Å²) in [6, 6.07) is 2.56. The molecule has 3 heterocycles. The zero-order valence-electron chi connectivity index (χ0n) is 16.5. The van der Waals surface area contributed by atoms with Gasteiger partial charge in [-0.05, 0) is 18.6 Å². The molecule has 30 heavy (non-hydrogen) atoms. The van der Waals surface area contributed by atoms with Crippen LogP contribution in [0.25, 0.3) is 11.2 Å². The van der Waals surface area contributed by atoms with E-state index in [1.807, 2.05) is 18.9 Å². The van der Waals surface area contributed by atoms with Crippen LogP contribution in [0.2, 0.25) is 0 Å². The van der Waals surface area contributed by atoms with Crippen molar-refractivity contribution in [1.29, 1.82) is 0 Å². The fourth-order valence-electron chi connectivity index (χ4n) is 2.81. The Morgan fingerprint density at radius 3 is 2.73 bits per heavy atom. The van der Waals surface area contributed by atoms with Crippen molar-refractivity contribution in [3.8, 4) is 0 Å². The Hall–Kier alpha value is -3.54. The summed E-state index contributed by atoms with van der Waals surface area (Å²) in [6.45, 7) is 2.27. The van der Waals surface area contributed by atoms with Gasteiger partial charge in [0.1, 0.15) is 6.04 Å². The quantitative estimate of drug-likeness (QED) is 0.407. The van der Waals surface area contributed by atoms with Gasteiger partial charge in [-0.3, -0.25) is 4.79 Å². The zero-order chi connectivity index (χ0) is 21.8. The Kier molecular flexibility index (Phi) is 6.26. The van der Waals surface area contributed by atoms with Gasteiger partial charge in [0.15, 0.2) is 17.0 Å². The molecule has 3 aromatic heterocycles. The number of anilines is 3. The van der Waals surface area contributed by atoms with E-state index in [9.17, 15) is 14.7 Å². The molecule has 0 aromatic carbocycles. The number of carbonyl (C=O) groups is 2. The highest BCUT2D eigenvalue weighted by Crippen LogP contribution is 2.26. The van der Waals surface area contributed by atoms with E-state index >= 15 is 0 Å². The SMILES string of the molecule is CCCC(NC(=O)c1ccc(N(C)Cc2cnc3nc(N)nc(N)c3n2)s1)C(=O)O. The molecule has 0 aliphatic heterocycles. The van der Waals surface area contributed by atoms with Gasteiger partial charge in [-0.15, -0.1) is 11.3 Å². The number of rotatable bonds is 8. The van der Waals surface area contributed by atoms with Crippen molar-refractivity contribution in [2.45, 2.75) is 32.4 Å². The van der Waals surface area contributed by atoms with Crippen LogP contribution < -0.4 is 21.7 Å². The maximum absolute atomic E-state index is 12.4. The van der Waals surface area contributed by atoms with E-state index < -0.39 is 17.9 Å². The van der Waals surface area contributed by atoms with E-state index in [4.69, 9.17) is 11.5 Å². The number of nitrogen functional groups attached to an aromatic ring is 2. The topological polar surface area (TPSA) is 173 Å². The lowest BCUT2D eigenvalue weighted by atomic mass is 10.1. The van der Waals surface area contributed by atoms with Crippen LogP contribution in [-0.2, 0) is 11.3 Å². The summed E-state index contributed by atoms with van der Waals surface area (Å²) in [7, 11) is 1.85. The summed E-state index contributed by atoms with van der Waals surface area (Å²) in [5, 5.41) is 12.6. The van der Waals surface area contributed by atoms with Crippen LogP contribution in [0.1, 0.15) is 35.1 Å². The summed E-state index contributed by atoms with van der Waals surface area (Å²) >= 11 is 1.26. The molecule has 0 radical (unpaired) electrons. The Morgan fingerprint density at radius 1 is 1.27 bits per heavy atom. The molecule has 0 fully saturated rings. The van der Waals surface area contributed by atoms with E-state index in [0.29, 0.717) is 41.1 Å². The predicted molar refractivity (Wildman–Crippen MR) is 114 cm³/mol. The molecule has 3 rings (SSSR count). The summed E-state index contributed by atoms with van der Waals surface area (Å²) < 4.78 is 0. The molecule has 6 N–H and O–H groups in total. The lowest BCUT2D eigenvalue weighted by molar-refractivity contribution is -0.139. The highest BCUT2D eigenvalue weighted by Gasteiger charge is 2.21. The minimum atomic E-state index is -1.04. The number of fused-ring (bicyclic) bond motifs is 1. The minimum absolute atomic E-state index is 0.0348. The van der Waals surface area contributed by atoms with Crippen molar-refractivity contribution in [1.82, 2.24) is 25.3 Å². The number of carbonyl (C=O) groups excluding carboxylic acids is 1. The Balaban J connectivity index is 1.72. The highest BCUT2D eigenvalue weighted by atomic mass is 32.1. The number of hydrogen-bond acceptors (Lipinski definition) is 10. The molecule has 1 atom stereocenters. The first-order chi connectivity index (χ1) is 14.3. The predicted octanol–water partition coefficient (Wildman–Crippen LogP) is 1.27. The molecule has 1 amide bonds. The number of carboxylic acid groups (broad SMARTS) is 1. The molecule has 0 aliphatic rings. The first-order valence-electron chi connectivity index (χ1n) is 9.17. The van der Waals surface area contributed by atoms with Gasteiger partial charge >= 0.3 is 5.97 Å². The Labute approximate surface area is 176 Å². The fourth-order valence-corrected chi connectivity index (χ4v) is 3.68. The van der Waals surface area contributed by atoms with Crippen molar-refractivity contribution in [3.63, 3.8) is 0 Å². The van der Waals surface area contributed by atoms with Crippen LogP contribution in [0.4, 0.5) is 16.8 Å². The van der Waals surface area contributed by atoms with Gasteiger partial charge in [-0.1, -0.05) is 13.3 Å². The van der Waals surface area contributed by atoms with Crippen molar-refractivity contribution >= 4 is 51.1 Å². The van der Waals surface area contributed by atoms with Crippen molar-refractivity contribution in [3.05, 3.63) is 28.9 Å². The molecule has 11 nitrogen and oxygen atoms in total. The minimum Gasteiger partial charge on any atom is -0.480 e. The lowest BCUT2D eigenvalue weighted by Crippen LogP contribution is -2.40. The number of nitrogens with two attached hydrogens (primary N) is 2. The van der Waals surface area contributed by atoms with Gasteiger partial charge in [-0.2, -0.15) is 9.97 Å². The Bertz CT molecular complexity index is 1090. The number of amides is 1. The molecule has 0 aliphatic carbocycles. The summed E-state index contributed by atoms with van der Waals surface area (Å²) in [5.74, 6) is -1.26. The third-order valence-electron chi connectivity index (χ3n) is 4.27. The molecule has 0 spiro atoms. The van der Waals surface area contributed by atoms with Crippen molar-refractivity contribution in [2.24, 2.45) is 0 Å². The molecular formula is C18H22N8O3S. The molecule has 0 saturated carbocycles. The van der Waals surface area contributed by atoms with Crippen LogP contribution >= 0.6 is 11.3 Å². The average molecular weight is 430 g/mol. The molecule has 0 bridgehead atoms. The second kappa shape index (κ2) is 8.86. The number of nitrogens with zero attached hydrogens (tertiary/aromatic N) is 5. The summed E-state index contributed by atoms with van der Waals surface area (Å²) in [4.78, 5) is 42.6. The molecule has 158 valence electrons. The number of carboxylic acids is 1. The number of aliphatic carboxylic acids is 1. The number of nitrogens with one attached hydrogen (secondary N) is 1.